The van der Waals surface area contributed by atoms with E-state index in [1.807, 2.05) is 0 Å². The fourth-order valence-corrected chi connectivity index (χ4v) is 3.19. The number of halogens is 1. The number of sulfonamides is 1. The van der Waals surface area contributed by atoms with Crippen molar-refractivity contribution >= 4 is 27.5 Å². The summed E-state index contributed by atoms with van der Waals surface area (Å²) in [4.78, 5) is 15.5. The molecule has 2 heterocycles. The fourth-order valence-electron chi connectivity index (χ4n) is 1.47. The highest BCUT2D eigenvalue weighted by atomic mass is 35.5. The third-order valence-electron chi connectivity index (χ3n) is 2.23. The average molecular weight is 272 g/mol. The van der Waals surface area contributed by atoms with Gasteiger partial charge < -0.3 is 0 Å². The zero-order valence-electron chi connectivity index (χ0n) is 8.37. The van der Waals surface area contributed by atoms with Gasteiger partial charge in [-0.05, 0) is 12.1 Å². The molecule has 0 bridgehead atoms. The van der Waals surface area contributed by atoms with Crippen molar-refractivity contribution in [2.75, 3.05) is 6.54 Å². The SMILES string of the molecule is N#CC(Cl)CN1C(=O)c2cccnc2S1(=O)=O. The maximum absolute atomic E-state index is 11.9. The molecule has 1 unspecified atom stereocenters. The van der Waals surface area contributed by atoms with Crippen molar-refractivity contribution in [2.45, 2.75) is 10.4 Å². The first-order valence-corrected chi connectivity index (χ1v) is 6.42. The first-order chi connectivity index (χ1) is 7.98. The molecule has 2 rings (SSSR count). The Bertz CT molecular complexity index is 623. The van der Waals surface area contributed by atoms with Gasteiger partial charge in [0.25, 0.3) is 15.9 Å². The van der Waals surface area contributed by atoms with Crippen molar-refractivity contribution in [3.8, 4) is 6.07 Å². The highest BCUT2D eigenvalue weighted by Crippen LogP contribution is 2.28. The van der Waals surface area contributed by atoms with E-state index in [4.69, 9.17) is 16.9 Å². The minimum Gasteiger partial charge on any atom is -0.268 e. The fraction of sp³-hybridized carbons (Fsp3) is 0.222. The van der Waals surface area contributed by atoms with Gasteiger partial charge in [-0.15, -0.1) is 11.6 Å². The lowest BCUT2D eigenvalue weighted by atomic mass is 10.2. The molecule has 0 radical (unpaired) electrons. The van der Waals surface area contributed by atoms with E-state index in [0.717, 1.165) is 0 Å². The van der Waals surface area contributed by atoms with E-state index in [1.165, 1.54) is 18.3 Å². The number of amides is 1. The van der Waals surface area contributed by atoms with Crippen LogP contribution in [0.1, 0.15) is 10.4 Å². The van der Waals surface area contributed by atoms with Gasteiger partial charge in [0.1, 0.15) is 5.38 Å². The van der Waals surface area contributed by atoms with Crippen molar-refractivity contribution in [3.63, 3.8) is 0 Å². The van der Waals surface area contributed by atoms with Gasteiger partial charge in [0.05, 0.1) is 18.2 Å². The summed E-state index contributed by atoms with van der Waals surface area (Å²) < 4.78 is 24.4. The lowest BCUT2D eigenvalue weighted by molar-refractivity contribution is 0.0873. The molecular formula is C9H6ClN3O3S. The Labute approximate surface area is 102 Å². The molecule has 1 amide bonds. The van der Waals surface area contributed by atoms with E-state index in [0.29, 0.717) is 4.31 Å². The van der Waals surface area contributed by atoms with Crippen LogP contribution in [0.25, 0.3) is 0 Å². The van der Waals surface area contributed by atoms with E-state index in [1.54, 1.807) is 6.07 Å². The Morgan fingerprint density at radius 2 is 2.29 bits per heavy atom. The molecule has 0 fully saturated rings. The van der Waals surface area contributed by atoms with Gasteiger partial charge in [-0.1, -0.05) is 0 Å². The predicted molar refractivity (Wildman–Crippen MR) is 57.7 cm³/mol. The van der Waals surface area contributed by atoms with Gasteiger partial charge in [-0.3, -0.25) is 4.79 Å². The van der Waals surface area contributed by atoms with Crippen LogP contribution < -0.4 is 0 Å². The van der Waals surface area contributed by atoms with E-state index >= 15 is 0 Å². The van der Waals surface area contributed by atoms with Crippen LogP contribution in [0, 0.1) is 11.3 Å². The summed E-state index contributed by atoms with van der Waals surface area (Å²) in [6, 6.07) is 4.51. The minimum atomic E-state index is -3.96. The molecular weight excluding hydrogens is 266 g/mol. The van der Waals surface area contributed by atoms with Crippen LogP contribution >= 0.6 is 11.6 Å². The standard InChI is InChI=1S/C9H6ClN3O3S/c10-6(4-11)5-13-9(14)7-2-1-3-12-8(7)17(13,15)16/h1-3,6H,5H2. The summed E-state index contributed by atoms with van der Waals surface area (Å²) in [5, 5.41) is 7.17. The molecule has 0 aliphatic carbocycles. The van der Waals surface area contributed by atoms with Crippen molar-refractivity contribution in [1.82, 2.24) is 9.29 Å². The molecule has 8 heteroatoms. The first kappa shape index (κ1) is 11.8. The number of alkyl halides is 1. The molecule has 0 saturated heterocycles. The van der Waals surface area contributed by atoms with Gasteiger partial charge in [0.2, 0.25) is 0 Å². The second kappa shape index (κ2) is 3.98. The molecule has 0 spiro atoms. The van der Waals surface area contributed by atoms with Gasteiger partial charge in [0, 0.05) is 6.20 Å². The van der Waals surface area contributed by atoms with Gasteiger partial charge >= 0.3 is 0 Å². The zero-order chi connectivity index (χ0) is 12.6. The molecule has 88 valence electrons. The third-order valence-corrected chi connectivity index (χ3v) is 4.17. The Hall–Kier alpha value is -1.65. The highest BCUT2D eigenvalue weighted by molar-refractivity contribution is 7.90. The molecule has 1 aliphatic rings. The molecule has 0 saturated carbocycles. The largest absolute Gasteiger partial charge is 0.285 e. The Morgan fingerprint density at radius 3 is 2.88 bits per heavy atom. The third kappa shape index (κ3) is 1.75. The minimum absolute atomic E-state index is 0.00862. The normalized spacial score (nSPS) is 18.6. The number of hydrogen-bond donors (Lipinski definition) is 0. The summed E-state index contributed by atoms with van der Waals surface area (Å²) in [5.74, 6) is -0.700. The number of nitrogens with zero attached hydrogens (tertiary/aromatic N) is 3. The van der Waals surface area contributed by atoms with E-state index < -0.39 is 21.3 Å². The van der Waals surface area contributed by atoms with Crippen molar-refractivity contribution in [1.29, 1.82) is 5.26 Å². The van der Waals surface area contributed by atoms with E-state index in [-0.39, 0.29) is 17.1 Å². The summed E-state index contributed by atoms with van der Waals surface area (Å²) in [6.07, 6.45) is 1.29. The number of fused-ring (bicyclic) bond motifs is 1. The van der Waals surface area contributed by atoms with E-state index in [9.17, 15) is 13.2 Å². The first-order valence-electron chi connectivity index (χ1n) is 4.54. The Morgan fingerprint density at radius 1 is 1.59 bits per heavy atom. The summed E-state index contributed by atoms with van der Waals surface area (Å²) in [5.41, 5.74) is 0.00862. The molecule has 1 aliphatic heterocycles. The number of nitriles is 1. The Kier molecular flexibility index (Phi) is 2.77. The lowest BCUT2D eigenvalue weighted by Gasteiger charge is -2.14. The summed E-state index contributed by atoms with van der Waals surface area (Å²) >= 11 is 5.54. The lowest BCUT2D eigenvalue weighted by Crippen LogP contribution is -2.34. The maximum Gasteiger partial charge on any atom is 0.285 e. The molecule has 0 aromatic carbocycles. The smallest absolute Gasteiger partial charge is 0.268 e. The van der Waals surface area contributed by atoms with Crippen LogP contribution in [0.3, 0.4) is 0 Å². The quantitative estimate of drug-likeness (QED) is 0.724. The monoisotopic (exact) mass is 271 g/mol. The number of pyridine rings is 1. The summed E-state index contributed by atoms with van der Waals surface area (Å²) in [6.45, 7) is -0.379. The van der Waals surface area contributed by atoms with Crippen LogP contribution in [-0.2, 0) is 10.0 Å². The van der Waals surface area contributed by atoms with Crippen LogP contribution in [0.15, 0.2) is 23.4 Å². The van der Waals surface area contributed by atoms with Crippen molar-refractivity contribution in [2.24, 2.45) is 0 Å². The van der Waals surface area contributed by atoms with Gasteiger partial charge in [-0.25, -0.2) is 9.29 Å². The topological polar surface area (TPSA) is 91.1 Å². The molecule has 0 N–H and O–H groups in total. The van der Waals surface area contributed by atoms with Gasteiger partial charge in [-0.2, -0.15) is 13.7 Å². The molecule has 1 aromatic heterocycles. The average Bonchev–Trinajstić information content (AvgIpc) is 2.51. The van der Waals surface area contributed by atoms with E-state index in [2.05, 4.69) is 4.98 Å². The molecule has 1 atom stereocenters. The van der Waals surface area contributed by atoms with Crippen LogP contribution in [-0.4, -0.2) is 35.5 Å². The Balaban J connectivity index is 2.49. The van der Waals surface area contributed by atoms with Crippen molar-refractivity contribution in [3.05, 3.63) is 23.9 Å². The number of carbonyl (C=O) groups is 1. The number of aromatic nitrogens is 1. The summed E-state index contributed by atoms with van der Waals surface area (Å²) in [7, 11) is -3.96. The van der Waals surface area contributed by atoms with Crippen LogP contribution in [0.4, 0.5) is 0 Å². The molecule has 1 aromatic rings. The highest BCUT2D eigenvalue weighted by Gasteiger charge is 2.43. The maximum atomic E-state index is 11.9. The van der Waals surface area contributed by atoms with Crippen LogP contribution in [0.2, 0.25) is 0 Å². The number of carbonyl (C=O) groups excluding carboxylic acids is 1. The second-order valence-electron chi connectivity index (χ2n) is 3.29. The number of rotatable bonds is 2. The zero-order valence-corrected chi connectivity index (χ0v) is 9.94. The van der Waals surface area contributed by atoms with Crippen LogP contribution in [0.5, 0.6) is 0 Å². The predicted octanol–water partition coefficient (Wildman–Crippen LogP) is 0.357. The van der Waals surface area contributed by atoms with Crippen molar-refractivity contribution < 1.29 is 13.2 Å². The van der Waals surface area contributed by atoms with Gasteiger partial charge in [0.15, 0.2) is 5.03 Å². The molecule has 17 heavy (non-hydrogen) atoms. The molecule has 6 nitrogen and oxygen atoms in total. The second-order valence-corrected chi connectivity index (χ2v) is 5.60. The number of hydrogen-bond acceptors (Lipinski definition) is 5.